The third kappa shape index (κ3) is 2.42. The number of hydrogen-bond acceptors (Lipinski definition) is 4. The van der Waals surface area contributed by atoms with Gasteiger partial charge in [-0.25, -0.2) is 0 Å². The van der Waals surface area contributed by atoms with Crippen LogP contribution in [-0.4, -0.2) is 16.0 Å². The van der Waals surface area contributed by atoms with Gasteiger partial charge in [0.15, 0.2) is 0 Å². The Kier molecular flexibility index (Phi) is 3.23. The van der Waals surface area contributed by atoms with Crippen molar-refractivity contribution in [3.63, 3.8) is 0 Å². The summed E-state index contributed by atoms with van der Waals surface area (Å²) in [5.74, 6) is -1.33. The lowest BCUT2D eigenvalue weighted by Crippen LogP contribution is -2.21. The molecule has 0 bridgehead atoms. The SMILES string of the molecule is N[C@H](C(=O)O)c1ccc(Cl)cc1[N+](=O)[O-]. The monoisotopic (exact) mass is 230 g/mol. The molecule has 0 aliphatic rings. The van der Waals surface area contributed by atoms with E-state index in [9.17, 15) is 14.9 Å². The van der Waals surface area contributed by atoms with E-state index in [1.807, 2.05) is 0 Å². The summed E-state index contributed by atoms with van der Waals surface area (Å²) in [6.45, 7) is 0. The Hall–Kier alpha value is -1.66. The van der Waals surface area contributed by atoms with Crippen LogP contribution < -0.4 is 5.73 Å². The smallest absolute Gasteiger partial charge is 0.325 e. The van der Waals surface area contributed by atoms with Crippen LogP contribution in [0.15, 0.2) is 18.2 Å². The molecule has 1 rings (SSSR count). The van der Waals surface area contributed by atoms with Crippen molar-refractivity contribution in [2.75, 3.05) is 0 Å². The Bertz CT molecular complexity index is 421. The van der Waals surface area contributed by atoms with E-state index in [-0.39, 0.29) is 10.6 Å². The minimum Gasteiger partial charge on any atom is -0.480 e. The molecule has 0 unspecified atom stereocenters. The number of carbonyl (C=O) groups is 1. The van der Waals surface area contributed by atoms with Crippen LogP contribution in [0.25, 0.3) is 0 Å². The van der Waals surface area contributed by atoms with Crippen LogP contribution in [-0.2, 0) is 4.79 Å². The predicted octanol–water partition coefficient (Wildman–Crippen LogP) is 1.33. The van der Waals surface area contributed by atoms with Gasteiger partial charge >= 0.3 is 5.97 Å². The van der Waals surface area contributed by atoms with E-state index in [4.69, 9.17) is 22.4 Å². The van der Waals surface area contributed by atoms with Crippen LogP contribution in [0.1, 0.15) is 11.6 Å². The van der Waals surface area contributed by atoms with Crippen LogP contribution in [0.2, 0.25) is 5.02 Å². The molecule has 15 heavy (non-hydrogen) atoms. The lowest BCUT2D eigenvalue weighted by molar-refractivity contribution is -0.385. The van der Waals surface area contributed by atoms with Crippen molar-refractivity contribution in [2.45, 2.75) is 6.04 Å². The number of nitro benzene ring substituents is 1. The van der Waals surface area contributed by atoms with Crippen molar-refractivity contribution in [1.29, 1.82) is 0 Å². The highest BCUT2D eigenvalue weighted by molar-refractivity contribution is 6.30. The van der Waals surface area contributed by atoms with E-state index in [1.165, 1.54) is 12.1 Å². The van der Waals surface area contributed by atoms with Crippen molar-refractivity contribution >= 4 is 23.3 Å². The predicted molar refractivity (Wildman–Crippen MR) is 52.7 cm³/mol. The van der Waals surface area contributed by atoms with E-state index in [2.05, 4.69) is 0 Å². The van der Waals surface area contributed by atoms with E-state index in [1.54, 1.807) is 0 Å². The molecule has 0 saturated heterocycles. The molecule has 6 nitrogen and oxygen atoms in total. The third-order valence-corrected chi connectivity index (χ3v) is 2.03. The van der Waals surface area contributed by atoms with Crippen LogP contribution in [0, 0.1) is 10.1 Å². The minimum absolute atomic E-state index is 0.0723. The molecule has 3 N–H and O–H groups in total. The van der Waals surface area contributed by atoms with Gasteiger partial charge in [-0.05, 0) is 12.1 Å². The molecule has 0 spiro atoms. The zero-order valence-electron chi connectivity index (χ0n) is 7.38. The summed E-state index contributed by atoms with van der Waals surface area (Å²) in [5, 5.41) is 19.4. The molecule has 0 aliphatic carbocycles. The van der Waals surface area contributed by atoms with Crippen molar-refractivity contribution in [3.8, 4) is 0 Å². The van der Waals surface area contributed by atoms with Crippen molar-refractivity contribution in [3.05, 3.63) is 38.9 Å². The Morgan fingerprint density at radius 1 is 1.60 bits per heavy atom. The normalized spacial score (nSPS) is 12.1. The van der Waals surface area contributed by atoms with Gasteiger partial charge in [0.25, 0.3) is 5.69 Å². The Morgan fingerprint density at radius 2 is 2.20 bits per heavy atom. The number of carboxylic acid groups (broad SMARTS) is 1. The molecule has 0 amide bonds. The van der Waals surface area contributed by atoms with Crippen molar-refractivity contribution < 1.29 is 14.8 Å². The average Bonchev–Trinajstić information content (AvgIpc) is 2.16. The molecule has 1 aromatic carbocycles. The topological polar surface area (TPSA) is 106 Å². The van der Waals surface area contributed by atoms with Gasteiger partial charge in [-0.15, -0.1) is 0 Å². The van der Waals surface area contributed by atoms with Gasteiger partial charge in [-0.3, -0.25) is 14.9 Å². The van der Waals surface area contributed by atoms with Crippen LogP contribution >= 0.6 is 11.6 Å². The number of nitrogens with zero attached hydrogens (tertiary/aromatic N) is 1. The Morgan fingerprint density at radius 3 is 2.67 bits per heavy atom. The highest BCUT2D eigenvalue weighted by Crippen LogP contribution is 2.27. The highest BCUT2D eigenvalue weighted by Gasteiger charge is 2.24. The van der Waals surface area contributed by atoms with Gasteiger partial charge in [0.05, 0.1) is 10.5 Å². The lowest BCUT2D eigenvalue weighted by atomic mass is 10.1. The third-order valence-electron chi connectivity index (χ3n) is 1.79. The molecule has 80 valence electrons. The fourth-order valence-electron chi connectivity index (χ4n) is 1.07. The quantitative estimate of drug-likeness (QED) is 0.602. The molecule has 0 aromatic heterocycles. The second kappa shape index (κ2) is 4.24. The summed E-state index contributed by atoms with van der Waals surface area (Å²) in [6, 6.07) is 2.23. The van der Waals surface area contributed by atoms with E-state index < -0.39 is 22.6 Å². The first kappa shape index (κ1) is 11.4. The van der Waals surface area contributed by atoms with Gasteiger partial charge in [0.2, 0.25) is 0 Å². The number of hydrogen-bond donors (Lipinski definition) is 2. The number of halogens is 1. The van der Waals surface area contributed by atoms with Gasteiger partial charge in [-0.1, -0.05) is 11.6 Å². The Labute approximate surface area is 89.4 Å². The van der Waals surface area contributed by atoms with Gasteiger partial charge in [0.1, 0.15) is 6.04 Å². The van der Waals surface area contributed by atoms with Crippen molar-refractivity contribution in [2.24, 2.45) is 5.73 Å². The van der Waals surface area contributed by atoms with Crippen LogP contribution in [0.5, 0.6) is 0 Å². The number of nitrogens with two attached hydrogens (primary N) is 1. The van der Waals surface area contributed by atoms with Crippen LogP contribution in [0.3, 0.4) is 0 Å². The summed E-state index contributed by atoms with van der Waals surface area (Å²) in [4.78, 5) is 20.5. The standard InChI is InChI=1S/C8H7ClN2O4/c9-4-1-2-5(7(10)8(12)13)6(3-4)11(14)15/h1-3,7H,10H2,(H,12,13)/t7-/m0/s1. The summed E-state index contributed by atoms with van der Waals surface area (Å²) in [7, 11) is 0. The summed E-state index contributed by atoms with van der Waals surface area (Å²) < 4.78 is 0. The maximum Gasteiger partial charge on any atom is 0.325 e. The number of carboxylic acids is 1. The minimum atomic E-state index is -1.43. The number of aliphatic carboxylic acids is 1. The fraction of sp³-hybridized carbons (Fsp3) is 0.125. The van der Waals surface area contributed by atoms with Crippen molar-refractivity contribution in [1.82, 2.24) is 0 Å². The first-order valence-electron chi connectivity index (χ1n) is 3.85. The molecular formula is C8H7ClN2O4. The number of benzene rings is 1. The second-order valence-corrected chi connectivity index (χ2v) is 3.21. The van der Waals surface area contributed by atoms with E-state index in [0.29, 0.717) is 0 Å². The second-order valence-electron chi connectivity index (χ2n) is 2.78. The maximum absolute atomic E-state index is 10.6. The molecule has 0 aliphatic heterocycles. The fourth-order valence-corrected chi connectivity index (χ4v) is 1.24. The lowest BCUT2D eigenvalue weighted by Gasteiger charge is -2.07. The van der Waals surface area contributed by atoms with E-state index >= 15 is 0 Å². The molecular weight excluding hydrogens is 224 g/mol. The Balaban J connectivity index is 3.28. The first-order valence-corrected chi connectivity index (χ1v) is 4.23. The molecule has 0 saturated carbocycles. The summed E-state index contributed by atoms with van der Waals surface area (Å²) in [5.41, 5.74) is 4.82. The number of rotatable bonds is 3. The molecule has 0 fully saturated rings. The zero-order chi connectivity index (χ0) is 11.6. The molecule has 0 heterocycles. The van der Waals surface area contributed by atoms with Gasteiger partial charge in [-0.2, -0.15) is 0 Å². The van der Waals surface area contributed by atoms with Gasteiger partial charge < -0.3 is 10.8 Å². The number of nitro groups is 1. The zero-order valence-corrected chi connectivity index (χ0v) is 8.14. The molecule has 0 radical (unpaired) electrons. The average molecular weight is 231 g/mol. The van der Waals surface area contributed by atoms with Gasteiger partial charge in [0, 0.05) is 11.1 Å². The summed E-state index contributed by atoms with van der Waals surface area (Å²) in [6.07, 6.45) is 0. The van der Waals surface area contributed by atoms with Crippen LogP contribution in [0.4, 0.5) is 5.69 Å². The molecule has 1 aromatic rings. The largest absolute Gasteiger partial charge is 0.480 e. The van der Waals surface area contributed by atoms with E-state index in [0.717, 1.165) is 6.07 Å². The molecule has 1 atom stereocenters. The first-order chi connectivity index (χ1) is 6.93. The maximum atomic E-state index is 10.6. The molecule has 7 heteroatoms. The summed E-state index contributed by atoms with van der Waals surface area (Å²) >= 11 is 5.55. The highest BCUT2D eigenvalue weighted by atomic mass is 35.5.